The highest BCUT2D eigenvalue weighted by Crippen LogP contribution is 2.30. The summed E-state index contributed by atoms with van der Waals surface area (Å²) in [6.45, 7) is 0.787. The van der Waals surface area contributed by atoms with Crippen molar-refractivity contribution in [2.45, 2.75) is 51.0 Å². The predicted molar refractivity (Wildman–Crippen MR) is 55.9 cm³/mol. The molecule has 0 spiro atoms. The van der Waals surface area contributed by atoms with Gasteiger partial charge in [-0.3, -0.25) is 0 Å². The molecule has 0 aromatic heterocycles. The van der Waals surface area contributed by atoms with Crippen LogP contribution in [0, 0.1) is 5.92 Å². The zero-order chi connectivity index (χ0) is 9.80. The molecule has 1 fully saturated rings. The Hall–Kier alpha value is -0.500. The van der Waals surface area contributed by atoms with E-state index in [2.05, 4.69) is 6.08 Å². The van der Waals surface area contributed by atoms with E-state index in [9.17, 15) is 5.11 Å². The van der Waals surface area contributed by atoms with E-state index in [-0.39, 0.29) is 6.10 Å². The Morgan fingerprint density at radius 2 is 2.00 bits per heavy atom. The first-order chi connectivity index (χ1) is 6.88. The van der Waals surface area contributed by atoms with E-state index in [1.165, 1.54) is 32.1 Å². The largest absolute Gasteiger partial charge is 0.495 e. The number of hydrogen-bond acceptors (Lipinski definition) is 2. The highest BCUT2D eigenvalue weighted by Gasteiger charge is 2.26. The summed E-state index contributed by atoms with van der Waals surface area (Å²) in [5.74, 6) is 1.30. The number of rotatable bonds is 2. The Bertz CT molecular complexity index is 204. The molecule has 1 N–H and O–H groups in total. The van der Waals surface area contributed by atoms with Crippen LogP contribution in [-0.2, 0) is 4.74 Å². The van der Waals surface area contributed by atoms with E-state index in [4.69, 9.17) is 4.74 Å². The van der Waals surface area contributed by atoms with Gasteiger partial charge in [-0.25, -0.2) is 0 Å². The lowest BCUT2D eigenvalue weighted by molar-refractivity contribution is 0.0424. The molecule has 1 atom stereocenters. The van der Waals surface area contributed by atoms with E-state index in [0.29, 0.717) is 5.92 Å². The summed E-state index contributed by atoms with van der Waals surface area (Å²) in [6, 6.07) is 0. The van der Waals surface area contributed by atoms with Crippen molar-refractivity contribution in [2.24, 2.45) is 5.92 Å². The van der Waals surface area contributed by atoms with Gasteiger partial charge in [0.2, 0.25) is 0 Å². The molecule has 0 amide bonds. The van der Waals surface area contributed by atoms with Crippen molar-refractivity contribution in [1.82, 2.24) is 0 Å². The number of ether oxygens (including phenoxy) is 1. The van der Waals surface area contributed by atoms with E-state index < -0.39 is 0 Å². The molecule has 2 rings (SSSR count). The Morgan fingerprint density at radius 3 is 2.64 bits per heavy atom. The average molecular weight is 196 g/mol. The Labute approximate surface area is 86.0 Å². The van der Waals surface area contributed by atoms with Crippen LogP contribution in [0.15, 0.2) is 11.8 Å². The second-order valence-electron chi connectivity index (χ2n) is 4.44. The fourth-order valence-electron chi connectivity index (χ4n) is 2.46. The number of aliphatic hydroxyl groups is 1. The first-order valence-corrected chi connectivity index (χ1v) is 5.89. The normalized spacial score (nSPS) is 26.5. The Balaban J connectivity index is 1.91. The summed E-state index contributed by atoms with van der Waals surface area (Å²) < 4.78 is 5.50. The fourth-order valence-corrected chi connectivity index (χ4v) is 2.46. The van der Waals surface area contributed by atoms with Crippen LogP contribution in [0.2, 0.25) is 0 Å². The van der Waals surface area contributed by atoms with Crippen LogP contribution >= 0.6 is 0 Å². The number of hydrogen-bond donors (Lipinski definition) is 1. The van der Waals surface area contributed by atoms with Crippen LogP contribution in [0.3, 0.4) is 0 Å². The van der Waals surface area contributed by atoms with E-state index in [0.717, 1.165) is 25.2 Å². The standard InChI is InChI=1S/C12H20O2/c13-12(10-6-2-1-3-7-10)11-8-4-5-9-14-11/h8,10,12-13H,1-7,9H2. The Morgan fingerprint density at radius 1 is 1.21 bits per heavy atom. The molecule has 0 bridgehead atoms. The van der Waals surface area contributed by atoms with Gasteiger partial charge >= 0.3 is 0 Å². The molecule has 1 aliphatic heterocycles. The van der Waals surface area contributed by atoms with Crippen molar-refractivity contribution in [3.63, 3.8) is 0 Å². The zero-order valence-electron chi connectivity index (χ0n) is 8.74. The first-order valence-electron chi connectivity index (χ1n) is 5.89. The van der Waals surface area contributed by atoms with Gasteiger partial charge in [-0.15, -0.1) is 0 Å². The summed E-state index contributed by atoms with van der Waals surface area (Å²) in [6.07, 6.45) is 10.1. The fraction of sp³-hybridized carbons (Fsp3) is 0.833. The van der Waals surface area contributed by atoms with E-state index in [1.54, 1.807) is 0 Å². The van der Waals surface area contributed by atoms with E-state index >= 15 is 0 Å². The lowest BCUT2D eigenvalue weighted by Gasteiger charge is -2.29. The lowest BCUT2D eigenvalue weighted by atomic mass is 9.84. The summed E-state index contributed by atoms with van der Waals surface area (Å²) in [4.78, 5) is 0. The average Bonchev–Trinajstić information content (AvgIpc) is 2.30. The van der Waals surface area contributed by atoms with Gasteiger partial charge < -0.3 is 9.84 Å². The highest BCUT2D eigenvalue weighted by molar-refractivity contribution is 5.04. The minimum Gasteiger partial charge on any atom is -0.495 e. The minimum atomic E-state index is -0.324. The molecule has 2 nitrogen and oxygen atoms in total. The monoisotopic (exact) mass is 196 g/mol. The predicted octanol–water partition coefficient (Wildman–Crippen LogP) is 2.62. The van der Waals surface area contributed by atoms with Crippen molar-refractivity contribution >= 4 is 0 Å². The molecule has 0 aromatic carbocycles. The summed E-state index contributed by atoms with van der Waals surface area (Å²) in [7, 11) is 0. The maximum atomic E-state index is 10.1. The second-order valence-corrected chi connectivity index (χ2v) is 4.44. The summed E-state index contributed by atoms with van der Waals surface area (Å²) in [5.41, 5.74) is 0. The van der Waals surface area contributed by atoms with Crippen molar-refractivity contribution in [2.75, 3.05) is 6.61 Å². The SMILES string of the molecule is OC(C1=CCCCO1)C1CCCCC1. The van der Waals surface area contributed by atoms with Gasteiger partial charge in [0.05, 0.1) is 6.61 Å². The molecule has 0 aromatic rings. The molecular weight excluding hydrogens is 176 g/mol. The van der Waals surface area contributed by atoms with Crippen molar-refractivity contribution in [1.29, 1.82) is 0 Å². The van der Waals surface area contributed by atoms with Crippen molar-refractivity contribution < 1.29 is 9.84 Å². The molecule has 14 heavy (non-hydrogen) atoms. The molecule has 80 valence electrons. The first kappa shape index (κ1) is 10.0. The van der Waals surface area contributed by atoms with Crippen molar-refractivity contribution in [3.8, 4) is 0 Å². The van der Waals surface area contributed by atoms with Gasteiger partial charge in [0.1, 0.15) is 11.9 Å². The van der Waals surface area contributed by atoms with Crippen molar-refractivity contribution in [3.05, 3.63) is 11.8 Å². The summed E-state index contributed by atoms with van der Waals surface area (Å²) >= 11 is 0. The van der Waals surface area contributed by atoms with Crippen LogP contribution < -0.4 is 0 Å². The van der Waals surface area contributed by atoms with Crippen LogP contribution in [-0.4, -0.2) is 17.8 Å². The van der Waals surface area contributed by atoms with Crippen LogP contribution in [0.25, 0.3) is 0 Å². The van der Waals surface area contributed by atoms with Crippen LogP contribution in [0.5, 0.6) is 0 Å². The van der Waals surface area contributed by atoms with Gasteiger partial charge in [-0.2, -0.15) is 0 Å². The molecule has 0 saturated heterocycles. The highest BCUT2D eigenvalue weighted by atomic mass is 16.5. The van der Waals surface area contributed by atoms with Gasteiger partial charge in [0, 0.05) is 0 Å². The van der Waals surface area contributed by atoms with Gasteiger partial charge in [-0.05, 0) is 37.7 Å². The van der Waals surface area contributed by atoms with E-state index in [1.807, 2.05) is 0 Å². The maximum absolute atomic E-state index is 10.1. The summed E-state index contributed by atoms with van der Waals surface area (Å²) in [5, 5.41) is 10.1. The molecule has 1 unspecified atom stereocenters. The minimum absolute atomic E-state index is 0.324. The molecule has 0 radical (unpaired) electrons. The van der Waals surface area contributed by atoms with Gasteiger partial charge in [0.15, 0.2) is 0 Å². The number of allylic oxidation sites excluding steroid dienone is 1. The van der Waals surface area contributed by atoms with Crippen LogP contribution in [0.1, 0.15) is 44.9 Å². The third kappa shape index (κ3) is 2.30. The maximum Gasteiger partial charge on any atom is 0.121 e. The van der Waals surface area contributed by atoms with Crippen LogP contribution in [0.4, 0.5) is 0 Å². The smallest absolute Gasteiger partial charge is 0.121 e. The molecule has 1 heterocycles. The topological polar surface area (TPSA) is 29.5 Å². The van der Waals surface area contributed by atoms with Gasteiger partial charge in [-0.1, -0.05) is 19.3 Å². The zero-order valence-corrected chi connectivity index (χ0v) is 8.74. The molecule has 2 aliphatic rings. The molecule has 1 aliphatic carbocycles. The molecule has 2 heteroatoms. The second kappa shape index (κ2) is 4.83. The lowest BCUT2D eigenvalue weighted by Crippen LogP contribution is -2.27. The van der Waals surface area contributed by atoms with Gasteiger partial charge in [0.25, 0.3) is 0 Å². The Kier molecular flexibility index (Phi) is 3.46. The number of aliphatic hydroxyl groups excluding tert-OH is 1. The molecule has 1 saturated carbocycles. The quantitative estimate of drug-likeness (QED) is 0.735. The third-order valence-corrected chi connectivity index (χ3v) is 3.35. The molecular formula is C12H20O2. The third-order valence-electron chi connectivity index (χ3n) is 3.35.